The Morgan fingerprint density at radius 1 is 0.339 bits per heavy atom. The summed E-state index contributed by atoms with van der Waals surface area (Å²) in [6.07, 6.45) is 64.3. The quantitative estimate of drug-likeness (QED) is 0.0263. The molecule has 6 heteroatoms. The van der Waals surface area contributed by atoms with Gasteiger partial charge in [0.2, 0.25) is 0 Å². The normalized spacial score (nSPS) is 12.8. The lowest BCUT2D eigenvalue weighted by Crippen LogP contribution is -2.30. The third-order valence-corrected chi connectivity index (χ3v) is 10.6. The summed E-state index contributed by atoms with van der Waals surface area (Å²) >= 11 is 0. The topological polar surface area (TPSA) is 78.9 Å². The lowest BCUT2D eigenvalue weighted by atomic mass is 10.1. The summed E-state index contributed by atoms with van der Waals surface area (Å²) in [6.45, 7) is 6.36. The molecule has 0 bridgehead atoms. The van der Waals surface area contributed by atoms with Gasteiger partial charge >= 0.3 is 17.9 Å². The van der Waals surface area contributed by atoms with Crippen molar-refractivity contribution in [1.82, 2.24) is 0 Å². The van der Waals surface area contributed by atoms with E-state index in [2.05, 4.69) is 106 Å². The largest absolute Gasteiger partial charge is 0.462 e. The van der Waals surface area contributed by atoms with Crippen LogP contribution in [0, 0.1) is 0 Å². The minimum absolute atomic E-state index is 0.0904. The van der Waals surface area contributed by atoms with Crippen LogP contribution >= 0.6 is 0 Å². The molecule has 1 unspecified atom stereocenters. The van der Waals surface area contributed by atoms with Crippen LogP contribution in [-0.4, -0.2) is 37.2 Å². The number of unbranched alkanes of at least 4 members (excludes halogenated alkanes) is 20. The fourth-order valence-corrected chi connectivity index (χ4v) is 6.86. The van der Waals surface area contributed by atoms with Crippen LogP contribution in [0.15, 0.2) is 85.1 Å². The van der Waals surface area contributed by atoms with E-state index < -0.39 is 6.10 Å². The van der Waals surface area contributed by atoms with Crippen LogP contribution in [-0.2, 0) is 28.6 Å². The van der Waals surface area contributed by atoms with Crippen LogP contribution in [0.1, 0.15) is 233 Å². The maximum atomic E-state index is 12.8. The number of hydrogen-bond donors (Lipinski definition) is 0. The first-order chi connectivity index (χ1) is 30.5. The van der Waals surface area contributed by atoms with Crippen LogP contribution in [0.4, 0.5) is 0 Å². The lowest BCUT2D eigenvalue weighted by molar-refractivity contribution is -0.167. The van der Waals surface area contributed by atoms with Gasteiger partial charge in [0, 0.05) is 19.3 Å². The predicted molar refractivity (Wildman–Crippen MR) is 265 cm³/mol. The zero-order valence-electron chi connectivity index (χ0n) is 40.4. The Balaban J connectivity index is 4.37. The molecule has 0 radical (unpaired) electrons. The Morgan fingerprint density at radius 2 is 0.629 bits per heavy atom. The number of carbonyl (C=O) groups is 3. The van der Waals surface area contributed by atoms with Crippen LogP contribution < -0.4 is 0 Å². The van der Waals surface area contributed by atoms with Crippen molar-refractivity contribution in [2.75, 3.05) is 13.2 Å². The molecule has 0 N–H and O–H groups in total. The van der Waals surface area contributed by atoms with Crippen molar-refractivity contribution in [3.8, 4) is 0 Å². The average molecular weight is 863 g/mol. The van der Waals surface area contributed by atoms with Crippen molar-refractivity contribution in [2.45, 2.75) is 239 Å². The molecule has 0 saturated carbocycles. The van der Waals surface area contributed by atoms with Gasteiger partial charge in [0.25, 0.3) is 0 Å². The second-order valence-electron chi connectivity index (χ2n) is 16.7. The van der Waals surface area contributed by atoms with Gasteiger partial charge in [0.1, 0.15) is 13.2 Å². The SMILES string of the molecule is CC/C=C\C/C=C\C/C=C\C/C=C\CCCCCC(=O)OC(COC(=O)CCCCCCCCCCC)COC(=O)CCCCCCCCCCC/C=C\C/C=C\C/C=C\CC. The molecule has 0 aliphatic carbocycles. The standard InChI is InChI=1S/C56H94O6/c1-4-7-10-13-16-19-21-23-25-27-28-29-31-32-34-37-40-43-46-49-55(58)61-52-53(51-60-54(57)48-45-42-39-36-18-15-12-9-6-3)62-56(59)50-47-44-41-38-35-33-30-26-24-22-20-17-14-11-8-5-2/h7-8,10-11,16-17,19-20,23-26,33,35,53H,4-6,9,12-15,18,21-22,27-32,34,36-52H2,1-3H3/b10-7-,11-8-,19-16-,20-17-,25-23-,26-24-,35-33-. The molecule has 354 valence electrons. The third kappa shape index (κ3) is 47.6. The summed E-state index contributed by atoms with van der Waals surface area (Å²) in [5.41, 5.74) is 0. The molecule has 0 heterocycles. The van der Waals surface area contributed by atoms with Crippen molar-refractivity contribution in [2.24, 2.45) is 0 Å². The summed E-state index contributed by atoms with van der Waals surface area (Å²) in [5.74, 6) is -0.931. The van der Waals surface area contributed by atoms with Crippen LogP contribution in [0.3, 0.4) is 0 Å². The highest BCUT2D eigenvalue weighted by atomic mass is 16.6. The molecule has 62 heavy (non-hydrogen) atoms. The first kappa shape index (κ1) is 58.6. The molecule has 6 nitrogen and oxygen atoms in total. The van der Waals surface area contributed by atoms with Gasteiger partial charge in [-0.3, -0.25) is 14.4 Å². The lowest BCUT2D eigenvalue weighted by Gasteiger charge is -2.18. The minimum Gasteiger partial charge on any atom is -0.462 e. The van der Waals surface area contributed by atoms with E-state index in [0.717, 1.165) is 109 Å². The summed E-state index contributed by atoms with van der Waals surface area (Å²) in [4.78, 5) is 37.9. The Hall–Kier alpha value is -3.41. The van der Waals surface area contributed by atoms with E-state index in [0.29, 0.717) is 12.8 Å². The zero-order valence-corrected chi connectivity index (χ0v) is 40.4. The van der Waals surface area contributed by atoms with Gasteiger partial charge in [0.15, 0.2) is 6.10 Å². The molecule has 0 saturated heterocycles. The molecule has 0 aromatic carbocycles. The highest BCUT2D eigenvalue weighted by molar-refractivity contribution is 5.71. The van der Waals surface area contributed by atoms with Crippen LogP contribution in [0.25, 0.3) is 0 Å². The summed E-state index contributed by atoms with van der Waals surface area (Å²) in [5, 5.41) is 0. The van der Waals surface area contributed by atoms with Crippen LogP contribution in [0.2, 0.25) is 0 Å². The van der Waals surface area contributed by atoms with Crippen molar-refractivity contribution < 1.29 is 28.6 Å². The maximum absolute atomic E-state index is 12.8. The number of hydrogen-bond acceptors (Lipinski definition) is 6. The van der Waals surface area contributed by atoms with Gasteiger partial charge < -0.3 is 14.2 Å². The fraction of sp³-hybridized carbons (Fsp3) is 0.696. The molecular formula is C56H94O6. The van der Waals surface area contributed by atoms with Crippen LogP contribution in [0.5, 0.6) is 0 Å². The van der Waals surface area contributed by atoms with E-state index in [-0.39, 0.29) is 37.5 Å². The Bertz CT molecular complexity index is 1220. The number of carbonyl (C=O) groups excluding carboxylic acids is 3. The van der Waals surface area contributed by atoms with Crippen molar-refractivity contribution >= 4 is 17.9 Å². The van der Waals surface area contributed by atoms with E-state index in [1.165, 1.54) is 83.5 Å². The summed E-state index contributed by atoms with van der Waals surface area (Å²) in [6, 6.07) is 0. The van der Waals surface area contributed by atoms with Gasteiger partial charge in [-0.15, -0.1) is 0 Å². The van der Waals surface area contributed by atoms with Crippen molar-refractivity contribution in [1.29, 1.82) is 0 Å². The molecule has 0 fully saturated rings. The Labute approximate surface area is 382 Å². The highest BCUT2D eigenvalue weighted by Gasteiger charge is 2.19. The van der Waals surface area contributed by atoms with Gasteiger partial charge in [-0.2, -0.15) is 0 Å². The van der Waals surface area contributed by atoms with E-state index in [9.17, 15) is 14.4 Å². The molecule has 0 aliphatic rings. The smallest absolute Gasteiger partial charge is 0.306 e. The average Bonchev–Trinajstić information content (AvgIpc) is 3.27. The molecule has 0 spiro atoms. The molecule has 0 rings (SSSR count). The van der Waals surface area contributed by atoms with E-state index in [1.807, 2.05) is 0 Å². The molecule has 0 aliphatic heterocycles. The summed E-state index contributed by atoms with van der Waals surface area (Å²) in [7, 11) is 0. The maximum Gasteiger partial charge on any atom is 0.306 e. The van der Waals surface area contributed by atoms with E-state index >= 15 is 0 Å². The molecule has 0 amide bonds. The van der Waals surface area contributed by atoms with Gasteiger partial charge in [-0.25, -0.2) is 0 Å². The van der Waals surface area contributed by atoms with Crippen molar-refractivity contribution in [3.05, 3.63) is 85.1 Å². The minimum atomic E-state index is -0.793. The van der Waals surface area contributed by atoms with Crippen molar-refractivity contribution in [3.63, 3.8) is 0 Å². The Morgan fingerprint density at radius 3 is 1.00 bits per heavy atom. The number of rotatable bonds is 45. The number of ether oxygens (including phenoxy) is 3. The third-order valence-electron chi connectivity index (χ3n) is 10.6. The molecule has 1 atom stereocenters. The molecule has 0 aromatic heterocycles. The summed E-state index contributed by atoms with van der Waals surface area (Å²) < 4.78 is 16.7. The first-order valence-electron chi connectivity index (χ1n) is 25.6. The van der Waals surface area contributed by atoms with E-state index in [1.54, 1.807) is 0 Å². The second-order valence-corrected chi connectivity index (χ2v) is 16.7. The molecular weight excluding hydrogens is 769 g/mol. The highest BCUT2D eigenvalue weighted by Crippen LogP contribution is 2.14. The number of esters is 3. The first-order valence-corrected chi connectivity index (χ1v) is 25.6. The fourth-order valence-electron chi connectivity index (χ4n) is 6.86. The molecule has 0 aromatic rings. The predicted octanol–water partition coefficient (Wildman–Crippen LogP) is 16.8. The Kier molecular flexibility index (Phi) is 47.5. The zero-order chi connectivity index (χ0) is 45.1. The van der Waals surface area contributed by atoms with E-state index in [4.69, 9.17) is 14.2 Å². The number of allylic oxidation sites excluding steroid dienone is 14. The second kappa shape index (κ2) is 50.2. The van der Waals surface area contributed by atoms with Gasteiger partial charge in [-0.1, -0.05) is 209 Å². The monoisotopic (exact) mass is 863 g/mol. The van der Waals surface area contributed by atoms with Gasteiger partial charge in [0.05, 0.1) is 0 Å². The van der Waals surface area contributed by atoms with Gasteiger partial charge in [-0.05, 0) is 89.9 Å².